The van der Waals surface area contributed by atoms with Gasteiger partial charge in [0.05, 0.1) is 17.8 Å². The number of hydrogen-bond acceptors (Lipinski definition) is 6. The summed E-state index contributed by atoms with van der Waals surface area (Å²) in [6.07, 6.45) is 8.57. The Morgan fingerprint density at radius 2 is 2.17 bits per heavy atom. The summed E-state index contributed by atoms with van der Waals surface area (Å²) in [7, 11) is 0. The molecule has 1 fully saturated rings. The number of fused-ring (bicyclic) bond motifs is 2. The van der Waals surface area contributed by atoms with Gasteiger partial charge in [-0.3, -0.25) is 4.79 Å². The molecule has 0 aromatic carbocycles. The third-order valence-electron chi connectivity index (χ3n) is 6.03. The summed E-state index contributed by atoms with van der Waals surface area (Å²) in [6, 6.07) is 0. The van der Waals surface area contributed by atoms with Crippen molar-refractivity contribution in [2.45, 2.75) is 51.5 Å². The quantitative estimate of drug-likeness (QED) is 0.688. The third kappa shape index (κ3) is 3.31. The van der Waals surface area contributed by atoms with E-state index >= 15 is 0 Å². The lowest BCUT2D eigenvalue weighted by Crippen LogP contribution is -2.28. The zero-order valence-electron chi connectivity index (χ0n) is 16.7. The predicted molar refractivity (Wildman–Crippen MR) is 108 cm³/mol. The molecule has 5 rings (SSSR count). The number of furan rings is 1. The zero-order valence-corrected chi connectivity index (χ0v) is 16.7. The Morgan fingerprint density at radius 3 is 3.03 bits per heavy atom. The summed E-state index contributed by atoms with van der Waals surface area (Å²) in [4.78, 5) is 21.8. The predicted octanol–water partition coefficient (Wildman–Crippen LogP) is 2.11. The largest absolute Gasteiger partial charge is 0.465 e. The van der Waals surface area contributed by atoms with Crippen LogP contribution >= 0.6 is 0 Å². The number of aromatic nitrogens is 4. The van der Waals surface area contributed by atoms with Crippen LogP contribution in [0.3, 0.4) is 0 Å². The Balaban J connectivity index is 1.32. The van der Waals surface area contributed by atoms with Crippen molar-refractivity contribution in [2.24, 2.45) is 0 Å². The molecule has 8 heteroatoms. The fourth-order valence-electron chi connectivity index (χ4n) is 4.61. The number of amides is 1. The summed E-state index contributed by atoms with van der Waals surface area (Å²) in [5, 5.41) is 11.2. The molecule has 0 radical (unpaired) electrons. The van der Waals surface area contributed by atoms with E-state index in [0.717, 1.165) is 84.7 Å². The average Bonchev–Trinajstić information content (AvgIpc) is 3.44. The number of rotatable bonds is 5. The van der Waals surface area contributed by atoms with E-state index in [1.165, 1.54) is 0 Å². The van der Waals surface area contributed by atoms with Gasteiger partial charge in [-0.25, -0.2) is 14.6 Å². The highest BCUT2D eigenvalue weighted by Gasteiger charge is 2.26. The molecule has 2 N–H and O–H groups in total. The molecule has 8 nitrogen and oxygen atoms in total. The second-order valence-electron chi connectivity index (χ2n) is 7.92. The van der Waals surface area contributed by atoms with Gasteiger partial charge in [-0.15, -0.1) is 0 Å². The first-order chi connectivity index (χ1) is 14.2. The van der Waals surface area contributed by atoms with Crippen LogP contribution in [0.4, 0.5) is 0 Å². The number of hydrogen-bond donors (Lipinski definition) is 2. The van der Waals surface area contributed by atoms with Gasteiger partial charge in [-0.2, -0.15) is 5.10 Å². The first kappa shape index (κ1) is 18.3. The van der Waals surface area contributed by atoms with Gasteiger partial charge in [-0.05, 0) is 39.2 Å². The van der Waals surface area contributed by atoms with E-state index < -0.39 is 0 Å². The molecule has 4 heterocycles. The van der Waals surface area contributed by atoms with Crippen LogP contribution in [0.1, 0.15) is 58.3 Å². The number of aryl methyl sites for hydroxylation is 2. The second-order valence-corrected chi connectivity index (χ2v) is 7.92. The maximum absolute atomic E-state index is 12.8. The number of carbonyl (C=O) groups is 1. The lowest BCUT2D eigenvalue weighted by molar-refractivity contribution is 0.0949. The Hall–Kier alpha value is -2.74. The van der Waals surface area contributed by atoms with Crippen LogP contribution in [0.15, 0.2) is 16.8 Å². The molecule has 1 atom stereocenters. The second kappa shape index (κ2) is 7.59. The van der Waals surface area contributed by atoms with E-state index in [-0.39, 0.29) is 5.91 Å². The fourth-order valence-corrected chi connectivity index (χ4v) is 4.61. The fraction of sp³-hybridized carbons (Fsp3) is 0.524. The Bertz CT molecular complexity index is 1050. The Kier molecular flexibility index (Phi) is 4.79. The minimum Gasteiger partial charge on any atom is -0.465 e. The molecule has 1 aliphatic heterocycles. The molecule has 0 saturated carbocycles. The van der Waals surface area contributed by atoms with E-state index in [4.69, 9.17) is 9.52 Å². The maximum Gasteiger partial charge on any atom is 0.255 e. The van der Waals surface area contributed by atoms with Crippen molar-refractivity contribution < 1.29 is 9.21 Å². The Morgan fingerprint density at radius 1 is 1.31 bits per heavy atom. The van der Waals surface area contributed by atoms with Crippen molar-refractivity contribution in [2.75, 3.05) is 19.6 Å². The van der Waals surface area contributed by atoms with Gasteiger partial charge in [0, 0.05) is 43.4 Å². The van der Waals surface area contributed by atoms with Gasteiger partial charge in [-0.1, -0.05) is 0 Å². The van der Waals surface area contributed by atoms with Crippen molar-refractivity contribution in [1.29, 1.82) is 0 Å². The van der Waals surface area contributed by atoms with Crippen molar-refractivity contribution in [3.63, 3.8) is 0 Å². The monoisotopic (exact) mass is 394 g/mol. The van der Waals surface area contributed by atoms with Crippen molar-refractivity contribution in [3.05, 3.63) is 40.7 Å². The smallest absolute Gasteiger partial charge is 0.255 e. The van der Waals surface area contributed by atoms with Gasteiger partial charge < -0.3 is 15.1 Å². The normalized spacial score (nSPS) is 18.9. The standard InChI is InChI=1S/C21H26N6O2/c1-13-17(15-4-2-3-5-16(15)29-13)21(28)25-10-11-27-20-19(23-8-9-24-20)18(26-27)14-6-7-22-12-14/h8-9,14,22H,2-7,10-12H2,1H3,(H,25,28)/t14-/m1/s1. The first-order valence-corrected chi connectivity index (χ1v) is 10.5. The summed E-state index contributed by atoms with van der Waals surface area (Å²) in [5.74, 6) is 2.02. The minimum atomic E-state index is -0.0582. The van der Waals surface area contributed by atoms with Crippen molar-refractivity contribution in [1.82, 2.24) is 30.4 Å². The topological polar surface area (TPSA) is 97.9 Å². The van der Waals surface area contributed by atoms with Gasteiger partial charge in [0.2, 0.25) is 0 Å². The van der Waals surface area contributed by atoms with Crippen molar-refractivity contribution >= 4 is 17.1 Å². The highest BCUT2D eigenvalue weighted by molar-refractivity contribution is 5.97. The van der Waals surface area contributed by atoms with E-state index in [1.807, 2.05) is 11.6 Å². The lowest BCUT2D eigenvalue weighted by Gasteiger charge is -2.11. The maximum atomic E-state index is 12.8. The van der Waals surface area contributed by atoms with Crippen LogP contribution in [0.2, 0.25) is 0 Å². The molecule has 0 unspecified atom stereocenters. The summed E-state index contributed by atoms with van der Waals surface area (Å²) in [5.41, 5.74) is 4.47. The molecular weight excluding hydrogens is 368 g/mol. The molecule has 1 aliphatic carbocycles. The highest BCUT2D eigenvalue weighted by atomic mass is 16.3. The van der Waals surface area contributed by atoms with E-state index in [2.05, 4.69) is 20.6 Å². The van der Waals surface area contributed by atoms with Gasteiger partial charge in [0.15, 0.2) is 5.65 Å². The van der Waals surface area contributed by atoms with E-state index in [0.29, 0.717) is 19.0 Å². The number of nitrogens with zero attached hydrogens (tertiary/aromatic N) is 4. The molecule has 1 saturated heterocycles. The van der Waals surface area contributed by atoms with E-state index in [9.17, 15) is 4.79 Å². The van der Waals surface area contributed by atoms with Crippen LogP contribution < -0.4 is 10.6 Å². The molecule has 2 aliphatic rings. The zero-order chi connectivity index (χ0) is 19.8. The summed E-state index contributed by atoms with van der Waals surface area (Å²) < 4.78 is 7.71. The molecule has 1 amide bonds. The van der Waals surface area contributed by atoms with E-state index in [1.54, 1.807) is 12.4 Å². The molecule has 152 valence electrons. The number of carbonyl (C=O) groups excluding carboxylic acids is 1. The van der Waals surface area contributed by atoms with Crippen molar-refractivity contribution in [3.8, 4) is 0 Å². The van der Waals surface area contributed by atoms with Gasteiger partial charge >= 0.3 is 0 Å². The van der Waals surface area contributed by atoms with Crippen LogP contribution in [-0.2, 0) is 19.4 Å². The van der Waals surface area contributed by atoms with Crippen LogP contribution in [0.25, 0.3) is 11.2 Å². The third-order valence-corrected chi connectivity index (χ3v) is 6.03. The summed E-state index contributed by atoms with van der Waals surface area (Å²) >= 11 is 0. The Labute approximate surface area is 169 Å². The van der Waals surface area contributed by atoms with Crippen LogP contribution in [0.5, 0.6) is 0 Å². The number of nitrogens with one attached hydrogen (secondary N) is 2. The minimum absolute atomic E-state index is 0.0582. The SMILES string of the molecule is Cc1oc2c(c1C(=O)NCCn1nc([C@@H]3CCNC3)c3nccnc31)CCCC2. The molecule has 3 aromatic rings. The molecule has 3 aromatic heterocycles. The molecule has 29 heavy (non-hydrogen) atoms. The molecular formula is C21H26N6O2. The van der Waals surface area contributed by atoms with Gasteiger partial charge in [0.25, 0.3) is 5.91 Å². The average molecular weight is 394 g/mol. The lowest BCUT2D eigenvalue weighted by atomic mass is 9.94. The first-order valence-electron chi connectivity index (χ1n) is 10.5. The summed E-state index contributed by atoms with van der Waals surface area (Å²) in [6.45, 7) is 4.84. The van der Waals surface area contributed by atoms with Crippen LogP contribution in [0, 0.1) is 6.92 Å². The van der Waals surface area contributed by atoms with Gasteiger partial charge in [0.1, 0.15) is 17.0 Å². The van der Waals surface area contributed by atoms with Crippen LogP contribution in [-0.4, -0.2) is 45.3 Å². The molecule has 0 bridgehead atoms. The molecule has 0 spiro atoms. The highest BCUT2D eigenvalue weighted by Crippen LogP contribution is 2.29.